The summed E-state index contributed by atoms with van der Waals surface area (Å²) in [5.74, 6) is -0.0259. The standard InChI is InChI=1S/C18H13F2N5S/c19-14-6-3-4-12(8-14)10-26-18-16-17(21-11-22-18)25(24-23-16)9-13-5-1-2-7-15(13)20/h1-8,11H,9-10H2. The van der Waals surface area contributed by atoms with Gasteiger partial charge in [0.1, 0.15) is 23.0 Å². The van der Waals surface area contributed by atoms with Crippen LogP contribution in [-0.4, -0.2) is 25.0 Å². The Morgan fingerprint density at radius 1 is 1.00 bits per heavy atom. The molecule has 2 heterocycles. The van der Waals surface area contributed by atoms with Crippen molar-refractivity contribution < 1.29 is 8.78 Å². The lowest BCUT2D eigenvalue weighted by Gasteiger charge is -2.04. The molecular formula is C18H13F2N5S. The Kier molecular flexibility index (Phi) is 4.57. The molecule has 0 saturated heterocycles. The average molecular weight is 369 g/mol. The Bertz CT molecular complexity index is 1070. The van der Waals surface area contributed by atoms with Crippen LogP contribution in [0.1, 0.15) is 11.1 Å². The van der Waals surface area contributed by atoms with Crippen LogP contribution in [0.5, 0.6) is 0 Å². The van der Waals surface area contributed by atoms with Gasteiger partial charge < -0.3 is 0 Å². The van der Waals surface area contributed by atoms with Gasteiger partial charge in [-0.15, -0.1) is 5.10 Å². The lowest BCUT2D eigenvalue weighted by atomic mass is 10.2. The van der Waals surface area contributed by atoms with E-state index in [2.05, 4.69) is 20.3 Å². The van der Waals surface area contributed by atoms with Gasteiger partial charge in [-0.2, -0.15) is 0 Å². The number of hydrogen-bond acceptors (Lipinski definition) is 5. The van der Waals surface area contributed by atoms with Gasteiger partial charge in [-0.05, 0) is 23.8 Å². The molecule has 4 rings (SSSR count). The van der Waals surface area contributed by atoms with Crippen LogP contribution in [0.3, 0.4) is 0 Å². The summed E-state index contributed by atoms with van der Waals surface area (Å²) in [6.07, 6.45) is 1.43. The van der Waals surface area contributed by atoms with Crippen molar-refractivity contribution in [2.45, 2.75) is 17.3 Å². The maximum Gasteiger partial charge on any atom is 0.183 e. The molecule has 0 fully saturated rings. The minimum absolute atomic E-state index is 0.230. The first-order valence-corrected chi connectivity index (χ1v) is 8.84. The molecule has 0 aliphatic heterocycles. The van der Waals surface area contributed by atoms with E-state index < -0.39 is 0 Å². The minimum Gasteiger partial charge on any atom is -0.227 e. The van der Waals surface area contributed by atoms with E-state index in [1.54, 1.807) is 28.9 Å². The molecule has 5 nitrogen and oxygen atoms in total. The molecular weight excluding hydrogens is 356 g/mol. The van der Waals surface area contributed by atoms with E-state index in [0.29, 0.717) is 27.5 Å². The van der Waals surface area contributed by atoms with E-state index in [1.807, 2.05) is 6.07 Å². The molecule has 0 atom stereocenters. The molecule has 0 spiro atoms. The summed E-state index contributed by atoms with van der Waals surface area (Å²) in [7, 11) is 0. The van der Waals surface area contributed by atoms with Crippen molar-refractivity contribution in [2.75, 3.05) is 0 Å². The second-order valence-electron chi connectivity index (χ2n) is 5.61. The largest absolute Gasteiger partial charge is 0.227 e. The van der Waals surface area contributed by atoms with Crippen LogP contribution in [0.2, 0.25) is 0 Å². The van der Waals surface area contributed by atoms with E-state index in [-0.39, 0.29) is 18.2 Å². The summed E-state index contributed by atoms with van der Waals surface area (Å²) in [4.78, 5) is 8.48. The molecule has 130 valence electrons. The van der Waals surface area contributed by atoms with E-state index in [9.17, 15) is 8.78 Å². The van der Waals surface area contributed by atoms with E-state index in [1.165, 1.54) is 36.3 Å². The predicted octanol–water partition coefficient (Wildman–Crippen LogP) is 3.84. The smallest absolute Gasteiger partial charge is 0.183 e. The zero-order valence-electron chi connectivity index (χ0n) is 13.5. The van der Waals surface area contributed by atoms with Crippen LogP contribution in [-0.2, 0) is 12.3 Å². The maximum absolute atomic E-state index is 13.9. The number of halogens is 2. The summed E-state index contributed by atoms with van der Waals surface area (Å²) in [6, 6.07) is 12.9. The minimum atomic E-state index is -0.300. The number of nitrogens with zero attached hydrogens (tertiary/aromatic N) is 5. The highest BCUT2D eigenvalue weighted by molar-refractivity contribution is 7.98. The van der Waals surface area contributed by atoms with Gasteiger partial charge in [0.05, 0.1) is 6.54 Å². The second kappa shape index (κ2) is 7.17. The third kappa shape index (κ3) is 3.41. The molecule has 26 heavy (non-hydrogen) atoms. The Morgan fingerprint density at radius 2 is 1.88 bits per heavy atom. The summed E-state index contributed by atoms with van der Waals surface area (Å²) in [5.41, 5.74) is 2.43. The van der Waals surface area contributed by atoms with Gasteiger partial charge in [0.2, 0.25) is 0 Å². The first kappa shape index (κ1) is 16.6. The highest BCUT2D eigenvalue weighted by Crippen LogP contribution is 2.26. The normalized spacial score (nSPS) is 11.2. The third-order valence-electron chi connectivity index (χ3n) is 3.81. The topological polar surface area (TPSA) is 56.5 Å². The van der Waals surface area contributed by atoms with Gasteiger partial charge in [-0.25, -0.2) is 23.4 Å². The number of rotatable bonds is 5. The van der Waals surface area contributed by atoms with Crippen molar-refractivity contribution in [3.8, 4) is 0 Å². The molecule has 0 radical (unpaired) electrons. The number of aromatic nitrogens is 5. The van der Waals surface area contributed by atoms with E-state index in [0.717, 1.165) is 5.56 Å². The van der Waals surface area contributed by atoms with Gasteiger partial charge in [-0.1, -0.05) is 47.3 Å². The molecule has 8 heteroatoms. The fraction of sp³-hybridized carbons (Fsp3) is 0.111. The van der Waals surface area contributed by atoms with Crippen LogP contribution in [0.15, 0.2) is 59.9 Å². The molecule has 0 N–H and O–H groups in total. The van der Waals surface area contributed by atoms with E-state index in [4.69, 9.17) is 0 Å². The Labute approximate surface area is 152 Å². The van der Waals surface area contributed by atoms with Gasteiger partial charge >= 0.3 is 0 Å². The van der Waals surface area contributed by atoms with Crippen molar-refractivity contribution >= 4 is 22.9 Å². The molecule has 4 aromatic rings. The van der Waals surface area contributed by atoms with Crippen molar-refractivity contribution in [2.24, 2.45) is 0 Å². The van der Waals surface area contributed by atoms with Gasteiger partial charge in [0.25, 0.3) is 0 Å². The Morgan fingerprint density at radius 3 is 2.73 bits per heavy atom. The fourth-order valence-corrected chi connectivity index (χ4v) is 3.42. The quantitative estimate of drug-likeness (QED) is 0.395. The Balaban J connectivity index is 1.60. The molecule has 0 amide bonds. The van der Waals surface area contributed by atoms with Crippen molar-refractivity contribution in [3.05, 3.63) is 77.6 Å². The zero-order chi connectivity index (χ0) is 17.9. The second-order valence-corrected chi connectivity index (χ2v) is 6.57. The van der Waals surface area contributed by atoms with Crippen LogP contribution in [0.4, 0.5) is 8.78 Å². The monoisotopic (exact) mass is 369 g/mol. The number of hydrogen-bond donors (Lipinski definition) is 0. The lowest BCUT2D eigenvalue weighted by molar-refractivity contribution is 0.582. The van der Waals surface area contributed by atoms with Crippen LogP contribution in [0.25, 0.3) is 11.2 Å². The van der Waals surface area contributed by atoms with Gasteiger partial charge in [0, 0.05) is 11.3 Å². The first-order chi connectivity index (χ1) is 12.7. The molecule has 2 aromatic carbocycles. The van der Waals surface area contributed by atoms with Crippen LogP contribution < -0.4 is 0 Å². The zero-order valence-corrected chi connectivity index (χ0v) is 14.3. The highest BCUT2D eigenvalue weighted by Gasteiger charge is 2.13. The van der Waals surface area contributed by atoms with Crippen molar-refractivity contribution in [1.29, 1.82) is 0 Å². The SMILES string of the molecule is Fc1cccc(CSc2ncnc3c2nnn3Cc2ccccc2F)c1. The third-order valence-corrected chi connectivity index (χ3v) is 4.86. The number of fused-ring (bicyclic) bond motifs is 1. The summed E-state index contributed by atoms with van der Waals surface area (Å²) >= 11 is 1.43. The Hall–Kier alpha value is -2.87. The first-order valence-electron chi connectivity index (χ1n) is 7.85. The average Bonchev–Trinajstić information content (AvgIpc) is 3.06. The van der Waals surface area contributed by atoms with E-state index >= 15 is 0 Å². The molecule has 2 aromatic heterocycles. The van der Waals surface area contributed by atoms with Crippen molar-refractivity contribution in [1.82, 2.24) is 25.0 Å². The molecule has 0 aliphatic carbocycles. The van der Waals surface area contributed by atoms with Crippen LogP contribution >= 0.6 is 11.8 Å². The maximum atomic E-state index is 13.9. The van der Waals surface area contributed by atoms with Crippen molar-refractivity contribution in [3.63, 3.8) is 0 Å². The number of benzene rings is 2. The summed E-state index contributed by atoms with van der Waals surface area (Å²) < 4.78 is 28.7. The lowest BCUT2D eigenvalue weighted by Crippen LogP contribution is -2.04. The number of thioether (sulfide) groups is 1. The van der Waals surface area contributed by atoms with Gasteiger partial charge in [-0.3, -0.25) is 0 Å². The van der Waals surface area contributed by atoms with Crippen LogP contribution in [0, 0.1) is 11.6 Å². The van der Waals surface area contributed by atoms with Gasteiger partial charge in [0.15, 0.2) is 11.2 Å². The predicted molar refractivity (Wildman–Crippen MR) is 94.6 cm³/mol. The molecule has 0 bridgehead atoms. The molecule has 0 saturated carbocycles. The highest BCUT2D eigenvalue weighted by atomic mass is 32.2. The molecule has 0 unspecified atom stereocenters. The summed E-state index contributed by atoms with van der Waals surface area (Å²) in [6.45, 7) is 0.230. The fourth-order valence-electron chi connectivity index (χ4n) is 2.55. The molecule has 0 aliphatic rings. The summed E-state index contributed by atoms with van der Waals surface area (Å²) in [5, 5.41) is 8.88.